The van der Waals surface area contributed by atoms with Gasteiger partial charge in [0.15, 0.2) is 0 Å². The Morgan fingerprint density at radius 2 is 0.603 bits per heavy atom. The van der Waals surface area contributed by atoms with Crippen molar-refractivity contribution >= 4 is 62.1 Å². The molecule has 386 valence electrons. The summed E-state index contributed by atoms with van der Waals surface area (Å²) in [5.74, 6) is 1.40. The van der Waals surface area contributed by atoms with Crippen LogP contribution in [0.5, 0.6) is 0 Å². The van der Waals surface area contributed by atoms with Crippen LogP contribution in [-0.2, 0) is 17.4 Å². The third kappa shape index (κ3) is 8.80. The third-order valence-electron chi connectivity index (χ3n) is 19.8. The molecule has 0 radical (unpaired) electrons. The molecule has 0 aromatic heterocycles. The standard InChI is InChI=1S/2C37H33.2CH3.H2Si.Zr/c2*1-2-4-12-26(11-3-1)23-27-24-36-34(32-19-9-15-28-13-5-7-17-30(28)32)21-22-35(37(36)25-27)33-20-10-16-29-14-6-8-18-31(29)33;;;;/h2*5-10,13-22,24-26H,1-4,11-12,23H2;2*1H3;1H2;. The fraction of sp³-hybridized carbons (Fsp3) is 0.263. The molecule has 4 aliphatic carbocycles. The van der Waals surface area contributed by atoms with Gasteiger partial charge >= 0.3 is 470 Å². The maximum absolute atomic E-state index is 4.56. The summed E-state index contributed by atoms with van der Waals surface area (Å²) in [6.45, 7) is 2.61. The second-order valence-corrected chi connectivity index (χ2v) is 55.9. The van der Waals surface area contributed by atoms with Crippen molar-refractivity contribution in [2.75, 3.05) is 0 Å². The Kier molecular flexibility index (Phi) is 13.1. The molecule has 2 heteroatoms. The van der Waals surface area contributed by atoms with Crippen molar-refractivity contribution in [3.05, 3.63) is 228 Å². The van der Waals surface area contributed by atoms with Crippen molar-refractivity contribution < 1.29 is 17.4 Å². The van der Waals surface area contributed by atoms with Gasteiger partial charge in [0.25, 0.3) is 0 Å². The number of rotatable bonds is 10. The van der Waals surface area contributed by atoms with Gasteiger partial charge in [-0.15, -0.1) is 0 Å². The summed E-state index contributed by atoms with van der Waals surface area (Å²) < 4.78 is 6.63. The minimum atomic E-state index is -4.56. The molecule has 0 bridgehead atoms. The summed E-state index contributed by atoms with van der Waals surface area (Å²) in [5.41, 5.74) is 20.9. The van der Waals surface area contributed by atoms with E-state index in [9.17, 15) is 0 Å². The molecule has 2 unspecified atom stereocenters. The zero-order valence-electron chi connectivity index (χ0n) is 46.0. The van der Waals surface area contributed by atoms with Crippen LogP contribution >= 0.6 is 0 Å². The Hall–Kier alpha value is -6.18. The molecule has 0 spiro atoms. The molecule has 0 nitrogen and oxygen atoms in total. The molecule has 0 N–H and O–H groups in total. The van der Waals surface area contributed by atoms with Gasteiger partial charge in [0.1, 0.15) is 0 Å². The molecule has 14 rings (SSSR count). The minimum absolute atomic E-state index is 0.335. The molecule has 10 aromatic carbocycles. The van der Waals surface area contributed by atoms with Crippen molar-refractivity contribution in [2.45, 2.75) is 106 Å². The van der Waals surface area contributed by atoms with Crippen LogP contribution in [0, 0.1) is 11.8 Å². The van der Waals surface area contributed by atoms with Crippen LogP contribution in [0.25, 0.3) is 99.7 Å². The first-order valence-corrected chi connectivity index (χ1v) is 43.7. The quantitative estimate of drug-likeness (QED) is 0.0946. The fourth-order valence-electron chi connectivity index (χ4n) is 16.4. The molecule has 2 fully saturated rings. The zero-order valence-corrected chi connectivity index (χ0v) is 49.9. The summed E-state index contributed by atoms with van der Waals surface area (Å²) in [5, 5.41) is 10.7. The summed E-state index contributed by atoms with van der Waals surface area (Å²) in [6.07, 6.45) is 24.4. The van der Waals surface area contributed by atoms with Crippen LogP contribution in [0.2, 0.25) is 9.26 Å². The molecular weight excluding hydrogens is 1030 g/mol. The van der Waals surface area contributed by atoms with E-state index in [1.54, 1.807) is 22.3 Å². The van der Waals surface area contributed by atoms with Gasteiger partial charge < -0.3 is 0 Å². The van der Waals surface area contributed by atoms with E-state index in [2.05, 4.69) is 222 Å². The van der Waals surface area contributed by atoms with Gasteiger partial charge in [-0.2, -0.15) is 0 Å². The van der Waals surface area contributed by atoms with Crippen molar-refractivity contribution in [3.63, 3.8) is 0 Å². The van der Waals surface area contributed by atoms with E-state index >= 15 is 0 Å². The van der Waals surface area contributed by atoms with Gasteiger partial charge in [0, 0.05) is 0 Å². The molecule has 2 saturated carbocycles. The van der Waals surface area contributed by atoms with Crippen LogP contribution in [0.15, 0.2) is 205 Å². The van der Waals surface area contributed by atoms with E-state index < -0.39 is 17.4 Å². The summed E-state index contributed by atoms with van der Waals surface area (Å²) >= 11 is -4.56. The van der Waals surface area contributed by atoms with Crippen LogP contribution < -0.4 is 0 Å². The van der Waals surface area contributed by atoms with Gasteiger partial charge in [0.2, 0.25) is 0 Å². The Balaban J connectivity index is 1.08. The van der Waals surface area contributed by atoms with Crippen LogP contribution in [-0.4, -0.2) is 6.88 Å². The average molecular weight is 1110 g/mol. The number of hydrogen-bond donors (Lipinski definition) is 0. The van der Waals surface area contributed by atoms with Crippen LogP contribution in [0.3, 0.4) is 0 Å². The predicted octanol–water partition coefficient (Wildman–Crippen LogP) is 21.6. The van der Waals surface area contributed by atoms with Gasteiger partial charge in [-0.1, -0.05) is 0 Å². The molecule has 0 aliphatic heterocycles. The van der Waals surface area contributed by atoms with Gasteiger partial charge in [-0.05, 0) is 0 Å². The van der Waals surface area contributed by atoms with Crippen molar-refractivity contribution in [1.29, 1.82) is 0 Å². The molecule has 2 atom stereocenters. The summed E-state index contributed by atoms with van der Waals surface area (Å²) in [6, 6.07) is 75.2. The molecular formula is C76H74SiZr. The SMILES string of the molecule is [CH3][Zr]([CH3])(=[SiH2])([CH]1C(CC2CCCCCC2)=Cc2c(-c3cccc4ccccc34)ccc(-c3cccc4ccccc34)c21)[CH]1C(CC2CCCCCC2)=Cc2c(-c3cccc4ccccc34)ccc(-c3cccc4ccccc34)c21. The van der Waals surface area contributed by atoms with E-state index in [-0.39, 0.29) is 0 Å². The zero-order chi connectivity index (χ0) is 52.4. The third-order valence-corrected chi connectivity index (χ3v) is 37.2. The normalized spacial score (nSPS) is 18.4. The summed E-state index contributed by atoms with van der Waals surface area (Å²) in [4.78, 5) is 0. The van der Waals surface area contributed by atoms with E-state index in [4.69, 9.17) is 0 Å². The van der Waals surface area contributed by atoms with E-state index in [1.807, 2.05) is 0 Å². The van der Waals surface area contributed by atoms with Crippen molar-refractivity contribution in [2.24, 2.45) is 11.8 Å². The topological polar surface area (TPSA) is 0 Å². The predicted molar refractivity (Wildman–Crippen MR) is 338 cm³/mol. The maximum atomic E-state index is 2.98. The fourth-order valence-corrected chi connectivity index (χ4v) is 35.9. The Morgan fingerprint density at radius 3 is 0.936 bits per heavy atom. The molecule has 78 heavy (non-hydrogen) atoms. The van der Waals surface area contributed by atoms with Crippen LogP contribution in [0.4, 0.5) is 0 Å². The molecule has 4 aliphatic rings. The number of benzene rings is 10. The van der Waals surface area contributed by atoms with Gasteiger partial charge in [-0.25, -0.2) is 0 Å². The second kappa shape index (κ2) is 20.5. The average Bonchev–Trinajstić information content (AvgIpc) is 3.72. The van der Waals surface area contributed by atoms with Crippen LogP contribution in [0.1, 0.15) is 119 Å². The number of fused-ring (bicyclic) bond motifs is 6. The Morgan fingerprint density at radius 1 is 0.321 bits per heavy atom. The first-order chi connectivity index (χ1) is 38.3. The summed E-state index contributed by atoms with van der Waals surface area (Å²) in [7, 11) is 0. The molecule has 0 heterocycles. The van der Waals surface area contributed by atoms with E-state index in [0.29, 0.717) is 19.1 Å². The molecule has 10 aromatic rings. The Bertz CT molecular complexity index is 3820. The molecule has 0 saturated heterocycles. The number of hydrogen-bond acceptors (Lipinski definition) is 0. The first kappa shape index (κ1) is 50.1. The van der Waals surface area contributed by atoms with Gasteiger partial charge in [-0.3, -0.25) is 0 Å². The monoisotopic (exact) mass is 1100 g/mol. The second-order valence-electron chi connectivity index (χ2n) is 25.4. The van der Waals surface area contributed by atoms with Crippen molar-refractivity contribution in [1.82, 2.24) is 0 Å². The Labute approximate surface area is 466 Å². The number of allylic oxidation sites excluding steroid dienone is 2. The van der Waals surface area contributed by atoms with Crippen molar-refractivity contribution in [3.8, 4) is 44.5 Å². The van der Waals surface area contributed by atoms with Gasteiger partial charge in [0.05, 0.1) is 0 Å². The first-order valence-electron chi connectivity index (χ1n) is 30.0. The van der Waals surface area contributed by atoms with E-state index in [0.717, 1.165) is 0 Å². The van der Waals surface area contributed by atoms with E-state index in [1.165, 1.54) is 189 Å². The molecule has 0 amide bonds.